The number of rotatable bonds is 5. The van der Waals surface area contributed by atoms with Crippen LogP contribution < -0.4 is 11.1 Å². The van der Waals surface area contributed by atoms with Crippen LogP contribution in [0, 0.1) is 6.92 Å². The van der Waals surface area contributed by atoms with Gasteiger partial charge in [-0.25, -0.2) is 0 Å². The molecule has 104 valence electrons. The summed E-state index contributed by atoms with van der Waals surface area (Å²) < 4.78 is 0. The molecule has 0 radical (unpaired) electrons. The van der Waals surface area contributed by atoms with Crippen LogP contribution in [-0.4, -0.2) is 10.9 Å². The summed E-state index contributed by atoms with van der Waals surface area (Å²) in [5.41, 5.74) is 8.78. The van der Waals surface area contributed by atoms with Gasteiger partial charge in [0.15, 0.2) is 0 Å². The van der Waals surface area contributed by atoms with Gasteiger partial charge < -0.3 is 11.1 Å². The summed E-state index contributed by atoms with van der Waals surface area (Å²) in [6.07, 6.45) is 0.274. The van der Waals surface area contributed by atoms with Gasteiger partial charge >= 0.3 is 0 Å². The van der Waals surface area contributed by atoms with Crippen molar-refractivity contribution in [1.29, 1.82) is 0 Å². The fraction of sp³-hybridized carbons (Fsp3) is 0.250. The maximum atomic E-state index is 11.9. The van der Waals surface area contributed by atoms with E-state index in [2.05, 4.69) is 10.3 Å². The molecule has 0 spiro atoms. The van der Waals surface area contributed by atoms with Gasteiger partial charge in [0.2, 0.25) is 5.91 Å². The topological polar surface area (TPSA) is 68.0 Å². The number of pyridine rings is 1. The van der Waals surface area contributed by atoms with Crippen molar-refractivity contribution in [3.05, 3.63) is 65.5 Å². The Bertz CT molecular complexity index is 569. The third-order valence-electron chi connectivity index (χ3n) is 3.05. The third-order valence-corrected chi connectivity index (χ3v) is 3.05. The molecular formula is C16H19N3O. The number of nitrogens with two attached hydrogens (primary N) is 1. The smallest absolute Gasteiger partial charge is 0.222 e. The Morgan fingerprint density at radius 1 is 1.20 bits per heavy atom. The van der Waals surface area contributed by atoms with Crippen LogP contribution in [0.1, 0.15) is 29.4 Å². The van der Waals surface area contributed by atoms with E-state index < -0.39 is 0 Å². The second-order valence-electron chi connectivity index (χ2n) is 4.77. The Kier molecular flexibility index (Phi) is 4.85. The van der Waals surface area contributed by atoms with Crippen LogP contribution in [0.15, 0.2) is 48.5 Å². The molecule has 1 aromatic carbocycles. The number of carbonyl (C=O) groups is 1. The Morgan fingerprint density at radius 3 is 2.65 bits per heavy atom. The van der Waals surface area contributed by atoms with Crippen molar-refractivity contribution < 1.29 is 4.79 Å². The molecule has 0 saturated carbocycles. The highest BCUT2D eigenvalue weighted by atomic mass is 16.1. The molecule has 2 rings (SSSR count). The summed E-state index contributed by atoms with van der Waals surface area (Å²) in [7, 11) is 0. The fourth-order valence-electron chi connectivity index (χ4n) is 1.98. The lowest BCUT2D eigenvalue weighted by Crippen LogP contribution is -2.27. The van der Waals surface area contributed by atoms with Gasteiger partial charge in [0.25, 0.3) is 0 Å². The molecule has 0 aliphatic rings. The molecule has 1 unspecified atom stereocenters. The lowest BCUT2D eigenvalue weighted by molar-refractivity contribution is -0.121. The highest BCUT2D eigenvalue weighted by Crippen LogP contribution is 2.12. The molecule has 0 bridgehead atoms. The minimum absolute atomic E-state index is 0.0651. The lowest BCUT2D eigenvalue weighted by atomic mass is 10.0. The number of aromatic nitrogens is 1. The maximum Gasteiger partial charge on any atom is 0.222 e. The average molecular weight is 269 g/mol. The van der Waals surface area contributed by atoms with Crippen molar-refractivity contribution in [2.24, 2.45) is 5.73 Å². The molecule has 1 atom stereocenters. The molecule has 20 heavy (non-hydrogen) atoms. The number of hydrogen-bond acceptors (Lipinski definition) is 3. The first kappa shape index (κ1) is 14.2. The Morgan fingerprint density at radius 2 is 1.95 bits per heavy atom. The van der Waals surface area contributed by atoms with Gasteiger partial charge in [-0.2, -0.15) is 0 Å². The molecule has 3 N–H and O–H groups in total. The predicted molar refractivity (Wildman–Crippen MR) is 78.8 cm³/mol. The first-order valence-electron chi connectivity index (χ1n) is 6.65. The zero-order valence-corrected chi connectivity index (χ0v) is 11.5. The van der Waals surface area contributed by atoms with Crippen molar-refractivity contribution in [1.82, 2.24) is 10.3 Å². The number of nitrogens with zero attached hydrogens (tertiary/aromatic N) is 1. The van der Waals surface area contributed by atoms with Crippen LogP contribution in [0.4, 0.5) is 0 Å². The second kappa shape index (κ2) is 6.82. The lowest BCUT2D eigenvalue weighted by Gasteiger charge is -2.12. The van der Waals surface area contributed by atoms with E-state index in [1.54, 1.807) is 0 Å². The van der Waals surface area contributed by atoms with E-state index in [1.165, 1.54) is 0 Å². The molecule has 0 fully saturated rings. The number of hydrogen-bond donors (Lipinski definition) is 2. The van der Waals surface area contributed by atoms with E-state index in [-0.39, 0.29) is 18.4 Å². The predicted octanol–water partition coefficient (Wildman–Crippen LogP) is 2.10. The standard InChI is InChI=1S/C16H19N3O/c1-12-6-5-9-14(19-12)11-18-16(20)10-15(17)13-7-3-2-4-8-13/h2-9,15H,10-11,17H2,1H3,(H,18,20). The van der Waals surface area contributed by atoms with Crippen molar-refractivity contribution >= 4 is 5.91 Å². The van der Waals surface area contributed by atoms with E-state index in [9.17, 15) is 4.79 Å². The summed E-state index contributed by atoms with van der Waals surface area (Å²) >= 11 is 0. The van der Waals surface area contributed by atoms with Crippen molar-refractivity contribution in [2.75, 3.05) is 0 Å². The fourth-order valence-corrected chi connectivity index (χ4v) is 1.98. The van der Waals surface area contributed by atoms with Crippen molar-refractivity contribution in [3.63, 3.8) is 0 Å². The minimum Gasteiger partial charge on any atom is -0.350 e. The SMILES string of the molecule is Cc1cccc(CNC(=O)CC(N)c2ccccc2)n1. The molecule has 2 aromatic rings. The van der Waals surface area contributed by atoms with Gasteiger partial charge in [-0.3, -0.25) is 9.78 Å². The third kappa shape index (κ3) is 4.17. The Hall–Kier alpha value is -2.20. The van der Waals surface area contributed by atoms with E-state index in [4.69, 9.17) is 5.73 Å². The van der Waals surface area contributed by atoms with Crippen LogP contribution in [0.3, 0.4) is 0 Å². The molecule has 1 amide bonds. The second-order valence-corrected chi connectivity index (χ2v) is 4.77. The normalized spacial score (nSPS) is 11.9. The highest BCUT2D eigenvalue weighted by Gasteiger charge is 2.11. The van der Waals surface area contributed by atoms with Crippen molar-refractivity contribution in [3.8, 4) is 0 Å². The number of aryl methyl sites for hydroxylation is 1. The molecule has 0 aliphatic heterocycles. The van der Waals surface area contributed by atoms with Gasteiger partial charge in [-0.15, -0.1) is 0 Å². The minimum atomic E-state index is -0.276. The summed E-state index contributed by atoms with van der Waals surface area (Å²) in [5.74, 6) is -0.0651. The van der Waals surface area contributed by atoms with Crippen LogP contribution >= 0.6 is 0 Å². The molecule has 0 saturated heterocycles. The van der Waals surface area contributed by atoms with Gasteiger partial charge in [0.1, 0.15) is 0 Å². The number of carbonyl (C=O) groups excluding carboxylic acids is 1. The summed E-state index contributed by atoms with van der Waals surface area (Å²) in [6, 6.07) is 15.1. The zero-order chi connectivity index (χ0) is 14.4. The summed E-state index contributed by atoms with van der Waals surface area (Å²) in [4.78, 5) is 16.2. The quantitative estimate of drug-likeness (QED) is 0.873. The monoisotopic (exact) mass is 269 g/mol. The van der Waals surface area contributed by atoms with Crippen LogP contribution in [0.25, 0.3) is 0 Å². The Labute approximate surface area is 119 Å². The first-order chi connectivity index (χ1) is 9.65. The van der Waals surface area contributed by atoms with E-state index in [0.29, 0.717) is 6.54 Å². The first-order valence-corrected chi connectivity index (χ1v) is 6.65. The Balaban J connectivity index is 1.84. The summed E-state index contributed by atoms with van der Waals surface area (Å²) in [5, 5.41) is 2.85. The van der Waals surface area contributed by atoms with Crippen molar-refractivity contribution in [2.45, 2.75) is 25.9 Å². The molecular weight excluding hydrogens is 250 g/mol. The molecule has 1 aromatic heterocycles. The van der Waals surface area contributed by atoms with Gasteiger partial charge in [0, 0.05) is 18.2 Å². The van der Waals surface area contributed by atoms with Crippen LogP contribution in [0.2, 0.25) is 0 Å². The molecule has 1 heterocycles. The number of nitrogens with one attached hydrogen (secondary N) is 1. The van der Waals surface area contributed by atoms with Gasteiger partial charge in [-0.1, -0.05) is 36.4 Å². The molecule has 4 heteroatoms. The van der Waals surface area contributed by atoms with E-state index in [1.807, 2.05) is 55.5 Å². The average Bonchev–Trinajstić information content (AvgIpc) is 2.46. The summed E-state index contributed by atoms with van der Waals surface area (Å²) in [6.45, 7) is 2.36. The van der Waals surface area contributed by atoms with Crippen LogP contribution in [-0.2, 0) is 11.3 Å². The number of benzene rings is 1. The zero-order valence-electron chi connectivity index (χ0n) is 11.5. The highest BCUT2D eigenvalue weighted by molar-refractivity contribution is 5.76. The molecule has 0 aliphatic carbocycles. The van der Waals surface area contributed by atoms with Gasteiger partial charge in [0.05, 0.1) is 12.2 Å². The maximum absolute atomic E-state index is 11.9. The van der Waals surface area contributed by atoms with Gasteiger partial charge in [-0.05, 0) is 24.6 Å². The molecule has 4 nitrogen and oxygen atoms in total. The van der Waals surface area contributed by atoms with E-state index in [0.717, 1.165) is 17.0 Å². The van der Waals surface area contributed by atoms with Crippen LogP contribution in [0.5, 0.6) is 0 Å². The largest absolute Gasteiger partial charge is 0.350 e. The number of amides is 1. The van der Waals surface area contributed by atoms with E-state index >= 15 is 0 Å².